The van der Waals surface area contributed by atoms with E-state index in [1.807, 2.05) is 56.3 Å². The summed E-state index contributed by atoms with van der Waals surface area (Å²) in [4.78, 5) is 12.0. The molecule has 0 atom stereocenters. The van der Waals surface area contributed by atoms with Crippen molar-refractivity contribution < 1.29 is 9.53 Å². The SMILES string of the molecule is CC(C)OCCC(=O)c1ccc2ccccc2c1. The summed E-state index contributed by atoms with van der Waals surface area (Å²) >= 11 is 0. The molecule has 0 aliphatic heterocycles. The Hall–Kier alpha value is -1.67. The minimum atomic E-state index is 0.140. The Bertz CT molecular complexity index is 544. The zero-order valence-electron chi connectivity index (χ0n) is 10.8. The van der Waals surface area contributed by atoms with Gasteiger partial charge in [0.25, 0.3) is 0 Å². The van der Waals surface area contributed by atoms with E-state index < -0.39 is 0 Å². The molecule has 0 fully saturated rings. The molecule has 2 rings (SSSR count). The Kier molecular flexibility index (Phi) is 4.11. The predicted molar refractivity (Wildman–Crippen MR) is 74.0 cm³/mol. The monoisotopic (exact) mass is 242 g/mol. The van der Waals surface area contributed by atoms with E-state index in [4.69, 9.17) is 4.74 Å². The molecular weight excluding hydrogens is 224 g/mol. The van der Waals surface area contributed by atoms with Crippen LogP contribution < -0.4 is 0 Å². The van der Waals surface area contributed by atoms with Crippen LogP contribution in [0.25, 0.3) is 10.8 Å². The van der Waals surface area contributed by atoms with Gasteiger partial charge in [-0.25, -0.2) is 0 Å². The van der Waals surface area contributed by atoms with Crippen molar-refractivity contribution >= 4 is 16.6 Å². The van der Waals surface area contributed by atoms with Crippen LogP contribution in [0.3, 0.4) is 0 Å². The molecule has 2 aromatic rings. The first kappa shape index (κ1) is 12.8. The lowest BCUT2D eigenvalue weighted by molar-refractivity contribution is 0.0678. The number of carbonyl (C=O) groups excluding carboxylic acids is 1. The molecule has 0 N–H and O–H groups in total. The Morgan fingerprint density at radius 3 is 2.56 bits per heavy atom. The molecule has 0 saturated heterocycles. The fourth-order valence-electron chi connectivity index (χ4n) is 1.89. The highest BCUT2D eigenvalue weighted by molar-refractivity contribution is 5.99. The third kappa shape index (κ3) is 3.17. The zero-order chi connectivity index (χ0) is 13.0. The van der Waals surface area contributed by atoms with Gasteiger partial charge in [0.05, 0.1) is 12.7 Å². The van der Waals surface area contributed by atoms with E-state index in [9.17, 15) is 4.79 Å². The maximum absolute atomic E-state index is 12.0. The molecule has 0 radical (unpaired) electrons. The zero-order valence-corrected chi connectivity index (χ0v) is 10.8. The smallest absolute Gasteiger partial charge is 0.165 e. The summed E-state index contributed by atoms with van der Waals surface area (Å²) in [6.45, 7) is 4.43. The molecule has 2 aromatic carbocycles. The molecule has 0 unspecified atom stereocenters. The predicted octanol–water partition coefficient (Wildman–Crippen LogP) is 3.84. The van der Waals surface area contributed by atoms with E-state index in [2.05, 4.69) is 0 Å². The molecule has 2 nitrogen and oxygen atoms in total. The standard InChI is InChI=1S/C16H18O2/c1-12(2)18-10-9-16(17)15-8-7-13-5-3-4-6-14(13)11-15/h3-8,11-12H,9-10H2,1-2H3. The molecule has 0 aromatic heterocycles. The summed E-state index contributed by atoms with van der Waals surface area (Å²) in [6, 6.07) is 13.9. The van der Waals surface area contributed by atoms with E-state index in [1.165, 1.54) is 0 Å². The topological polar surface area (TPSA) is 26.3 Å². The maximum atomic E-state index is 12.0. The first-order valence-electron chi connectivity index (χ1n) is 6.30. The molecule has 0 aliphatic carbocycles. The van der Waals surface area contributed by atoms with E-state index in [0.29, 0.717) is 13.0 Å². The minimum absolute atomic E-state index is 0.140. The van der Waals surface area contributed by atoms with Crippen molar-refractivity contribution in [2.24, 2.45) is 0 Å². The minimum Gasteiger partial charge on any atom is -0.378 e. The third-order valence-corrected chi connectivity index (χ3v) is 2.85. The number of ketones is 1. The molecule has 2 heteroatoms. The Balaban J connectivity index is 2.08. The van der Waals surface area contributed by atoms with Crippen molar-refractivity contribution in [2.75, 3.05) is 6.61 Å². The van der Waals surface area contributed by atoms with E-state index in [0.717, 1.165) is 16.3 Å². The van der Waals surface area contributed by atoms with Gasteiger partial charge in [0.15, 0.2) is 5.78 Å². The van der Waals surface area contributed by atoms with Gasteiger partial charge < -0.3 is 4.74 Å². The second kappa shape index (κ2) is 5.78. The summed E-state index contributed by atoms with van der Waals surface area (Å²) < 4.78 is 5.40. The molecule has 0 aliphatic rings. The van der Waals surface area contributed by atoms with Crippen LogP contribution in [-0.4, -0.2) is 18.5 Å². The number of rotatable bonds is 5. The molecule has 0 heterocycles. The number of ether oxygens (including phenoxy) is 1. The Morgan fingerprint density at radius 1 is 1.11 bits per heavy atom. The van der Waals surface area contributed by atoms with Crippen LogP contribution in [0.1, 0.15) is 30.6 Å². The van der Waals surface area contributed by atoms with Gasteiger partial charge in [-0.05, 0) is 30.7 Å². The molecule has 94 valence electrons. The third-order valence-electron chi connectivity index (χ3n) is 2.85. The van der Waals surface area contributed by atoms with Crippen LogP contribution in [-0.2, 0) is 4.74 Å². The molecule has 0 saturated carbocycles. The lowest BCUT2D eigenvalue weighted by Crippen LogP contribution is -2.09. The van der Waals surface area contributed by atoms with E-state index in [1.54, 1.807) is 0 Å². The second-order valence-corrected chi connectivity index (χ2v) is 4.65. The van der Waals surface area contributed by atoms with Crippen LogP contribution in [0.5, 0.6) is 0 Å². The van der Waals surface area contributed by atoms with Crippen LogP contribution in [0.15, 0.2) is 42.5 Å². The Labute approximate surface area is 108 Å². The lowest BCUT2D eigenvalue weighted by Gasteiger charge is -2.07. The van der Waals surface area contributed by atoms with E-state index in [-0.39, 0.29) is 11.9 Å². The largest absolute Gasteiger partial charge is 0.378 e. The average molecular weight is 242 g/mol. The van der Waals surface area contributed by atoms with Crippen LogP contribution >= 0.6 is 0 Å². The van der Waals surface area contributed by atoms with Gasteiger partial charge in [0.1, 0.15) is 0 Å². The number of hydrogen-bond acceptors (Lipinski definition) is 2. The molecular formula is C16H18O2. The summed E-state index contributed by atoms with van der Waals surface area (Å²) in [6.07, 6.45) is 0.616. The number of Topliss-reactive ketones (excluding diaryl/α,β-unsaturated/α-hetero) is 1. The second-order valence-electron chi connectivity index (χ2n) is 4.65. The quantitative estimate of drug-likeness (QED) is 0.745. The van der Waals surface area contributed by atoms with E-state index >= 15 is 0 Å². The fourth-order valence-corrected chi connectivity index (χ4v) is 1.89. The van der Waals surface area contributed by atoms with Crippen LogP contribution in [0.2, 0.25) is 0 Å². The summed E-state index contributed by atoms with van der Waals surface area (Å²) in [7, 11) is 0. The van der Waals surface area contributed by atoms with Crippen molar-refractivity contribution in [1.82, 2.24) is 0 Å². The maximum Gasteiger partial charge on any atom is 0.165 e. The lowest BCUT2D eigenvalue weighted by atomic mass is 10.0. The molecule has 18 heavy (non-hydrogen) atoms. The normalized spacial score (nSPS) is 11.1. The van der Waals surface area contributed by atoms with Crippen molar-refractivity contribution in [3.8, 4) is 0 Å². The van der Waals surface area contributed by atoms with Gasteiger partial charge in [0, 0.05) is 12.0 Å². The summed E-state index contributed by atoms with van der Waals surface area (Å²) in [5.41, 5.74) is 0.765. The average Bonchev–Trinajstić information content (AvgIpc) is 2.37. The number of fused-ring (bicyclic) bond motifs is 1. The fraction of sp³-hybridized carbons (Fsp3) is 0.312. The van der Waals surface area contributed by atoms with Crippen LogP contribution in [0.4, 0.5) is 0 Å². The van der Waals surface area contributed by atoms with Crippen molar-refractivity contribution in [3.63, 3.8) is 0 Å². The molecule has 0 spiro atoms. The van der Waals surface area contributed by atoms with Gasteiger partial charge in [-0.3, -0.25) is 4.79 Å². The van der Waals surface area contributed by atoms with Crippen molar-refractivity contribution in [3.05, 3.63) is 48.0 Å². The summed E-state index contributed by atoms with van der Waals surface area (Å²) in [5, 5.41) is 2.26. The van der Waals surface area contributed by atoms with Gasteiger partial charge in [-0.1, -0.05) is 36.4 Å². The van der Waals surface area contributed by atoms with Gasteiger partial charge in [-0.15, -0.1) is 0 Å². The van der Waals surface area contributed by atoms with Crippen LogP contribution in [0, 0.1) is 0 Å². The molecule has 0 amide bonds. The molecule has 0 bridgehead atoms. The van der Waals surface area contributed by atoms with Crippen molar-refractivity contribution in [1.29, 1.82) is 0 Å². The highest BCUT2D eigenvalue weighted by Crippen LogP contribution is 2.16. The van der Waals surface area contributed by atoms with Gasteiger partial charge in [-0.2, -0.15) is 0 Å². The summed E-state index contributed by atoms with van der Waals surface area (Å²) in [5.74, 6) is 0.140. The number of benzene rings is 2. The number of hydrogen-bond donors (Lipinski definition) is 0. The number of carbonyl (C=O) groups is 1. The first-order valence-corrected chi connectivity index (χ1v) is 6.30. The van der Waals surface area contributed by atoms with Gasteiger partial charge >= 0.3 is 0 Å². The highest BCUT2D eigenvalue weighted by atomic mass is 16.5. The van der Waals surface area contributed by atoms with Gasteiger partial charge in [0.2, 0.25) is 0 Å². The van der Waals surface area contributed by atoms with Crippen molar-refractivity contribution in [2.45, 2.75) is 26.4 Å². The first-order chi connectivity index (χ1) is 8.66. The highest BCUT2D eigenvalue weighted by Gasteiger charge is 2.07. The Morgan fingerprint density at radius 2 is 1.83 bits per heavy atom.